The number of nitrogens with one attached hydrogen (secondary N) is 1. The van der Waals surface area contributed by atoms with Gasteiger partial charge in [-0.3, -0.25) is 9.69 Å². The number of rotatable bonds is 10. The molecule has 1 N–H and O–H groups in total. The third kappa shape index (κ3) is 7.30. The second kappa shape index (κ2) is 14.8. The standard InChI is InChI=1S/C34H45N5O3/c1-6-9-11-14-27(7-2)31(28-15-12-10-13-16-28)23-37-22-29(8-3)38-32(24-37)39(36(4)25-33(38)40)34(41)35-21-26-17-19-30(42-5)20-18-26/h6-7,9-20,29,31-32H,8,21-25H2,1-5H3,(H,35,41)/b9-6-,14-11-,27-7+. The molecule has 8 nitrogen and oxygen atoms in total. The molecule has 2 saturated heterocycles. The number of methoxy groups -OCH3 is 1. The van der Waals surface area contributed by atoms with Gasteiger partial charge in [0.15, 0.2) is 0 Å². The summed E-state index contributed by atoms with van der Waals surface area (Å²) in [6, 6.07) is 18.0. The Labute approximate surface area is 250 Å². The Kier molecular flexibility index (Phi) is 11.0. The number of ether oxygens (including phenoxy) is 1. The first kappa shape index (κ1) is 31.1. The zero-order chi connectivity index (χ0) is 30.1. The molecule has 0 radical (unpaired) electrons. The number of hydrogen-bond donors (Lipinski definition) is 1. The van der Waals surface area contributed by atoms with Crippen LogP contribution in [-0.2, 0) is 11.3 Å². The molecule has 2 heterocycles. The molecule has 3 atom stereocenters. The maximum Gasteiger partial charge on any atom is 0.334 e. The van der Waals surface area contributed by atoms with Crippen LogP contribution in [0.15, 0.2) is 90.6 Å². The predicted octanol–water partition coefficient (Wildman–Crippen LogP) is 5.18. The van der Waals surface area contributed by atoms with Crippen molar-refractivity contribution < 1.29 is 14.3 Å². The van der Waals surface area contributed by atoms with Gasteiger partial charge in [0.1, 0.15) is 11.9 Å². The highest BCUT2D eigenvalue weighted by Crippen LogP contribution is 2.31. The van der Waals surface area contributed by atoms with Crippen LogP contribution in [0, 0.1) is 0 Å². The predicted molar refractivity (Wildman–Crippen MR) is 168 cm³/mol. The van der Waals surface area contributed by atoms with Crippen LogP contribution in [0.25, 0.3) is 0 Å². The molecular weight excluding hydrogens is 526 g/mol. The van der Waals surface area contributed by atoms with Gasteiger partial charge in [-0.25, -0.2) is 14.8 Å². The smallest absolute Gasteiger partial charge is 0.334 e. The van der Waals surface area contributed by atoms with E-state index in [1.54, 1.807) is 17.1 Å². The molecule has 3 unspecified atom stereocenters. The van der Waals surface area contributed by atoms with Crippen LogP contribution >= 0.6 is 0 Å². The van der Waals surface area contributed by atoms with Crippen molar-refractivity contribution >= 4 is 11.9 Å². The van der Waals surface area contributed by atoms with E-state index in [1.807, 2.05) is 61.4 Å². The zero-order valence-electron chi connectivity index (χ0n) is 25.6. The monoisotopic (exact) mass is 571 g/mol. The average Bonchev–Trinajstić information content (AvgIpc) is 3.01. The van der Waals surface area contributed by atoms with Crippen LogP contribution in [0.5, 0.6) is 5.75 Å². The minimum Gasteiger partial charge on any atom is -0.497 e. The number of hydrazine groups is 1. The highest BCUT2D eigenvalue weighted by Gasteiger charge is 2.47. The summed E-state index contributed by atoms with van der Waals surface area (Å²) in [7, 11) is 3.45. The topological polar surface area (TPSA) is 68.4 Å². The largest absolute Gasteiger partial charge is 0.497 e. The maximum atomic E-state index is 13.7. The molecular formula is C34H45N5O3. The highest BCUT2D eigenvalue weighted by molar-refractivity contribution is 5.83. The minimum atomic E-state index is -0.394. The van der Waals surface area contributed by atoms with Crippen LogP contribution in [0.4, 0.5) is 4.79 Å². The van der Waals surface area contributed by atoms with Crippen molar-refractivity contribution in [3.63, 3.8) is 0 Å². The van der Waals surface area contributed by atoms with Crippen LogP contribution in [-0.4, -0.2) is 84.3 Å². The summed E-state index contributed by atoms with van der Waals surface area (Å²) in [6.07, 6.45) is 10.9. The van der Waals surface area contributed by atoms with Gasteiger partial charge in [0.25, 0.3) is 0 Å². The van der Waals surface area contributed by atoms with E-state index < -0.39 is 6.17 Å². The molecule has 2 aliphatic heterocycles. The molecule has 2 fully saturated rings. The number of carbonyl (C=O) groups excluding carboxylic acids is 2. The van der Waals surface area contributed by atoms with Gasteiger partial charge in [0.2, 0.25) is 5.91 Å². The van der Waals surface area contributed by atoms with E-state index in [-0.39, 0.29) is 30.4 Å². The number of urea groups is 1. The fourth-order valence-corrected chi connectivity index (χ4v) is 5.97. The molecule has 0 aliphatic carbocycles. The van der Waals surface area contributed by atoms with Crippen molar-refractivity contribution in [3.8, 4) is 5.75 Å². The van der Waals surface area contributed by atoms with Gasteiger partial charge < -0.3 is 15.0 Å². The number of hydrogen-bond acceptors (Lipinski definition) is 5. The lowest BCUT2D eigenvalue weighted by atomic mass is 9.89. The second-order valence-corrected chi connectivity index (χ2v) is 10.9. The first-order valence-corrected chi connectivity index (χ1v) is 14.8. The fourth-order valence-electron chi connectivity index (χ4n) is 5.97. The Bertz CT molecular complexity index is 1270. The lowest BCUT2D eigenvalue weighted by molar-refractivity contribution is -0.180. The summed E-state index contributed by atoms with van der Waals surface area (Å²) < 4.78 is 5.25. The van der Waals surface area contributed by atoms with Gasteiger partial charge in [-0.2, -0.15) is 0 Å². The van der Waals surface area contributed by atoms with Crippen molar-refractivity contribution in [2.24, 2.45) is 0 Å². The summed E-state index contributed by atoms with van der Waals surface area (Å²) in [6.45, 7) is 8.90. The molecule has 8 heteroatoms. The fraction of sp³-hybridized carbons (Fsp3) is 0.412. The lowest BCUT2D eigenvalue weighted by Crippen LogP contribution is -2.74. The molecule has 4 rings (SSSR count). The van der Waals surface area contributed by atoms with Crippen LogP contribution in [0.1, 0.15) is 44.2 Å². The molecule has 2 aromatic carbocycles. The molecule has 0 saturated carbocycles. The Hall–Kier alpha value is -3.88. The summed E-state index contributed by atoms with van der Waals surface area (Å²) in [5, 5.41) is 6.57. The number of fused-ring (bicyclic) bond motifs is 1. The SMILES string of the molecule is C\C=C/C=C\C(=C/C)C(CN1CC(CC)N2C(=O)CN(C)N(C(=O)NCc3ccc(OC)cc3)C2C1)c1ccccc1. The number of allylic oxidation sites excluding steroid dienone is 5. The van der Waals surface area contributed by atoms with E-state index in [4.69, 9.17) is 4.74 Å². The summed E-state index contributed by atoms with van der Waals surface area (Å²) in [5.74, 6) is 0.988. The average molecular weight is 572 g/mol. The number of benzene rings is 2. The summed E-state index contributed by atoms with van der Waals surface area (Å²) >= 11 is 0. The van der Waals surface area contributed by atoms with Gasteiger partial charge in [-0.15, -0.1) is 0 Å². The van der Waals surface area contributed by atoms with Gasteiger partial charge in [-0.05, 0) is 49.1 Å². The van der Waals surface area contributed by atoms with Crippen molar-refractivity contribution in [1.29, 1.82) is 0 Å². The number of nitrogens with zero attached hydrogens (tertiary/aromatic N) is 4. The number of amides is 3. The van der Waals surface area contributed by atoms with E-state index >= 15 is 0 Å². The highest BCUT2D eigenvalue weighted by atomic mass is 16.5. The van der Waals surface area contributed by atoms with Crippen LogP contribution < -0.4 is 10.1 Å². The van der Waals surface area contributed by atoms with Gasteiger partial charge in [0.05, 0.1) is 13.7 Å². The zero-order valence-corrected chi connectivity index (χ0v) is 25.6. The maximum absolute atomic E-state index is 13.7. The molecule has 0 spiro atoms. The molecule has 42 heavy (non-hydrogen) atoms. The Morgan fingerprint density at radius 3 is 2.45 bits per heavy atom. The van der Waals surface area contributed by atoms with Crippen LogP contribution in [0.2, 0.25) is 0 Å². The minimum absolute atomic E-state index is 0.0193. The van der Waals surface area contributed by atoms with Crippen molar-refractivity contribution in [2.45, 2.75) is 51.9 Å². The number of carbonyl (C=O) groups is 2. The Morgan fingerprint density at radius 2 is 1.81 bits per heavy atom. The third-order valence-electron chi connectivity index (χ3n) is 8.16. The number of piperazine rings is 1. The first-order chi connectivity index (χ1) is 20.4. The van der Waals surface area contributed by atoms with Crippen molar-refractivity contribution in [2.75, 3.05) is 40.3 Å². The first-order valence-electron chi connectivity index (χ1n) is 14.8. The molecule has 3 amide bonds. The summed E-state index contributed by atoms with van der Waals surface area (Å²) in [4.78, 5) is 31.4. The Morgan fingerprint density at radius 1 is 1.07 bits per heavy atom. The van der Waals surface area contributed by atoms with Crippen LogP contribution in [0.3, 0.4) is 0 Å². The van der Waals surface area contributed by atoms with E-state index in [1.165, 1.54) is 11.1 Å². The van der Waals surface area contributed by atoms with Crippen molar-refractivity contribution in [1.82, 2.24) is 25.1 Å². The van der Waals surface area contributed by atoms with E-state index in [0.29, 0.717) is 13.1 Å². The van der Waals surface area contributed by atoms with E-state index in [2.05, 4.69) is 66.6 Å². The summed E-state index contributed by atoms with van der Waals surface area (Å²) in [5.41, 5.74) is 3.46. The molecule has 224 valence electrons. The lowest BCUT2D eigenvalue weighted by Gasteiger charge is -2.55. The number of likely N-dealkylation sites (N-methyl/N-ethyl adjacent to an activating group) is 1. The molecule has 0 bridgehead atoms. The van der Waals surface area contributed by atoms with E-state index in [9.17, 15) is 9.59 Å². The van der Waals surface area contributed by atoms with Gasteiger partial charge in [-0.1, -0.05) is 79.8 Å². The molecule has 0 aromatic heterocycles. The molecule has 2 aliphatic rings. The van der Waals surface area contributed by atoms with Crippen molar-refractivity contribution in [3.05, 3.63) is 102 Å². The molecule has 2 aromatic rings. The second-order valence-electron chi connectivity index (χ2n) is 10.9. The van der Waals surface area contributed by atoms with Gasteiger partial charge >= 0.3 is 6.03 Å². The van der Waals surface area contributed by atoms with Gasteiger partial charge in [0, 0.05) is 45.2 Å². The normalized spacial score (nSPS) is 21.2. The quantitative estimate of drug-likeness (QED) is 0.398. The third-order valence-corrected chi connectivity index (χ3v) is 8.16. The van der Waals surface area contributed by atoms with E-state index in [0.717, 1.165) is 30.8 Å². The Balaban J connectivity index is 1.58.